The van der Waals surface area contributed by atoms with Crippen molar-refractivity contribution in [3.8, 4) is 11.5 Å². The number of hydrogen-bond donors (Lipinski definition) is 1. The van der Waals surface area contributed by atoms with Crippen LogP contribution in [0.3, 0.4) is 0 Å². The zero-order valence-corrected chi connectivity index (χ0v) is 24.5. The number of benzene rings is 2. The molecule has 4 atom stereocenters. The first-order valence-corrected chi connectivity index (χ1v) is 14.2. The van der Waals surface area contributed by atoms with Gasteiger partial charge in [0, 0.05) is 35.3 Å². The van der Waals surface area contributed by atoms with Gasteiger partial charge in [-0.1, -0.05) is 17.7 Å². The Morgan fingerprint density at radius 3 is 2.54 bits per heavy atom. The van der Waals surface area contributed by atoms with Crippen molar-refractivity contribution in [2.75, 3.05) is 12.0 Å². The fraction of sp³-hybridized carbons (Fsp3) is 0.241. The first-order valence-electron chi connectivity index (χ1n) is 12.6. The number of nitro benzene ring substituents is 1. The maximum absolute atomic E-state index is 14.0. The summed E-state index contributed by atoms with van der Waals surface area (Å²) in [5.41, 5.74) is 1.69. The van der Waals surface area contributed by atoms with E-state index in [4.69, 9.17) is 4.74 Å². The number of halogens is 2. The lowest BCUT2D eigenvalue weighted by atomic mass is 9.59. The highest BCUT2D eigenvalue weighted by Crippen LogP contribution is 2.56. The molecule has 0 spiro atoms. The van der Waals surface area contributed by atoms with E-state index in [2.05, 4.69) is 31.9 Å². The Morgan fingerprint density at radius 1 is 1.07 bits per heavy atom. The second kappa shape index (κ2) is 9.88. The second-order valence-corrected chi connectivity index (χ2v) is 11.9. The quantitative estimate of drug-likeness (QED) is 0.155. The van der Waals surface area contributed by atoms with Gasteiger partial charge >= 0.3 is 0 Å². The van der Waals surface area contributed by atoms with Crippen molar-refractivity contribution in [3.05, 3.63) is 89.9 Å². The van der Waals surface area contributed by atoms with E-state index in [9.17, 15) is 34.4 Å². The van der Waals surface area contributed by atoms with Crippen LogP contribution in [0.1, 0.15) is 24.3 Å². The zero-order valence-electron chi connectivity index (χ0n) is 21.3. The third-order valence-electron chi connectivity index (χ3n) is 8.23. The molecule has 2 aromatic rings. The first-order chi connectivity index (χ1) is 19.5. The molecule has 208 valence electrons. The fourth-order valence-corrected chi connectivity index (χ4v) is 7.41. The van der Waals surface area contributed by atoms with Gasteiger partial charge in [-0.05, 0) is 74.4 Å². The van der Waals surface area contributed by atoms with Gasteiger partial charge in [0.15, 0.2) is 23.1 Å². The van der Waals surface area contributed by atoms with Gasteiger partial charge in [-0.3, -0.25) is 29.3 Å². The van der Waals surface area contributed by atoms with E-state index in [1.165, 1.54) is 37.5 Å². The molecule has 0 saturated carbocycles. The van der Waals surface area contributed by atoms with Gasteiger partial charge < -0.3 is 9.84 Å². The number of carbonyl (C=O) groups excluding carboxylic acids is 4. The van der Waals surface area contributed by atoms with Gasteiger partial charge in [-0.25, -0.2) is 4.90 Å². The highest BCUT2D eigenvalue weighted by molar-refractivity contribution is 9.12. The number of fused-ring (bicyclic) bond motifs is 3. The van der Waals surface area contributed by atoms with Gasteiger partial charge in [0.1, 0.15) is 0 Å². The molecule has 1 heterocycles. The number of amides is 2. The molecule has 41 heavy (non-hydrogen) atoms. The number of ketones is 2. The largest absolute Gasteiger partial charge is 0.503 e. The monoisotopic (exact) mass is 682 g/mol. The average Bonchev–Trinajstić information content (AvgIpc) is 3.21. The number of nitrogens with zero attached hydrogens (tertiary/aromatic N) is 2. The molecule has 2 amide bonds. The molecule has 1 fully saturated rings. The smallest absolute Gasteiger partial charge is 0.271 e. The molecule has 1 N–H and O–H groups in total. The molecule has 12 heteroatoms. The van der Waals surface area contributed by atoms with E-state index in [1.807, 2.05) is 6.08 Å². The molecule has 0 radical (unpaired) electrons. The van der Waals surface area contributed by atoms with E-state index >= 15 is 0 Å². The lowest BCUT2D eigenvalue weighted by Gasteiger charge is -2.42. The number of hydrogen-bond acceptors (Lipinski definition) is 8. The summed E-state index contributed by atoms with van der Waals surface area (Å²) in [5, 5.41) is 21.8. The highest BCUT2D eigenvalue weighted by atomic mass is 79.9. The molecule has 10 nitrogen and oxygen atoms in total. The van der Waals surface area contributed by atoms with E-state index < -0.39 is 40.4 Å². The Bertz CT molecular complexity index is 1710. The predicted molar refractivity (Wildman–Crippen MR) is 153 cm³/mol. The summed E-state index contributed by atoms with van der Waals surface area (Å²) < 4.78 is 5.77. The van der Waals surface area contributed by atoms with Crippen LogP contribution in [-0.4, -0.2) is 40.5 Å². The predicted octanol–water partition coefficient (Wildman–Crippen LogP) is 5.04. The summed E-state index contributed by atoms with van der Waals surface area (Å²) in [6.07, 6.45) is 3.39. The number of imide groups is 1. The van der Waals surface area contributed by atoms with Crippen molar-refractivity contribution in [3.63, 3.8) is 0 Å². The van der Waals surface area contributed by atoms with Crippen molar-refractivity contribution >= 4 is 66.6 Å². The Labute approximate surface area is 249 Å². The first kappa shape index (κ1) is 27.3. The SMILES string of the molecule is COc1cc([C@H]2C3=CC[C@@H]4C(=O)N(c5cccc([N+](=O)[O-])c5)C(=O)[C@@H]4[C@@H]3CC3=C2C(=O)C=C(Br)C3=O)cc(Br)c1O. The molecule has 0 unspecified atom stereocenters. The maximum Gasteiger partial charge on any atom is 0.271 e. The average molecular weight is 684 g/mol. The van der Waals surface area contributed by atoms with Crippen LogP contribution in [0.15, 0.2) is 74.2 Å². The number of non-ortho nitro benzene ring substituents is 1. The van der Waals surface area contributed by atoms with Crippen LogP contribution in [-0.2, 0) is 19.2 Å². The van der Waals surface area contributed by atoms with Gasteiger partial charge in [-0.2, -0.15) is 0 Å². The number of Topliss-reactive ketones (excluding diaryl/α,β-unsaturated/α-hetero) is 1. The number of nitro groups is 1. The highest BCUT2D eigenvalue weighted by Gasteiger charge is 2.56. The summed E-state index contributed by atoms with van der Waals surface area (Å²) >= 11 is 6.54. The standard InChI is InChI=1S/C29H20Br2N2O8/c1-41-22-8-12(7-19(30)27(22)36)23-15-5-6-16-24(17(15)10-18-25(23)21(34)11-20(31)26(18)35)29(38)32(28(16)37)13-3-2-4-14(9-13)33(39)40/h2-5,7-9,11,16-17,23-24,36H,6,10H2,1H3/t16-,17+,23-,24-/m0/s1. The number of allylic oxidation sites excluding steroid dienone is 6. The topological polar surface area (TPSA) is 144 Å². The minimum atomic E-state index is -0.839. The lowest BCUT2D eigenvalue weighted by Crippen LogP contribution is -2.39. The van der Waals surface area contributed by atoms with Crippen molar-refractivity contribution in [2.45, 2.75) is 18.8 Å². The number of methoxy groups -OCH3 is 1. The fourth-order valence-electron chi connectivity index (χ4n) is 6.50. The van der Waals surface area contributed by atoms with Gasteiger partial charge in [-0.15, -0.1) is 0 Å². The van der Waals surface area contributed by atoms with Crippen LogP contribution in [0.5, 0.6) is 11.5 Å². The van der Waals surface area contributed by atoms with Crippen molar-refractivity contribution in [1.29, 1.82) is 0 Å². The van der Waals surface area contributed by atoms with Crippen LogP contribution in [0, 0.1) is 27.9 Å². The van der Waals surface area contributed by atoms with Crippen molar-refractivity contribution < 1.29 is 33.9 Å². The number of phenolic OH excluding ortho intramolecular Hbond substituents is 1. The summed E-state index contributed by atoms with van der Waals surface area (Å²) in [5.74, 6) is -4.57. The molecule has 3 aliphatic carbocycles. The van der Waals surface area contributed by atoms with Crippen LogP contribution >= 0.6 is 31.9 Å². The number of aromatic hydroxyl groups is 1. The van der Waals surface area contributed by atoms with Crippen LogP contribution < -0.4 is 9.64 Å². The Kier molecular flexibility index (Phi) is 6.57. The molecule has 0 aromatic heterocycles. The zero-order chi connectivity index (χ0) is 29.3. The summed E-state index contributed by atoms with van der Waals surface area (Å²) in [6.45, 7) is 0. The second-order valence-electron chi connectivity index (χ2n) is 10.2. The number of phenols is 1. The van der Waals surface area contributed by atoms with Crippen molar-refractivity contribution in [1.82, 2.24) is 0 Å². The van der Waals surface area contributed by atoms with Gasteiger partial charge in [0.2, 0.25) is 11.8 Å². The molecule has 4 aliphatic rings. The summed E-state index contributed by atoms with van der Waals surface area (Å²) in [4.78, 5) is 66.1. The lowest BCUT2D eigenvalue weighted by molar-refractivity contribution is -0.384. The molecule has 6 rings (SSSR count). The molecular weight excluding hydrogens is 664 g/mol. The number of rotatable bonds is 4. The minimum Gasteiger partial charge on any atom is -0.503 e. The van der Waals surface area contributed by atoms with E-state index in [0.29, 0.717) is 10.0 Å². The molecule has 1 saturated heterocycles. The van der Waals surface area contributed by atoms with Crippen LogP contribution in [0.4, 0.5) is 11.4 Å². The molecule has 2 aromatic carbocycles. The summed E-state index contributed by atoms with van der Waals surface area (Å²) in [7, 11) is 1.39. The van der Waals surface area contributed by atoms with Crippen LogP contribution in [0.25, 0.3) is 0 Å². The van der Waals surface area contributed by atoms with Crippen molar-refractivity contribution in [2.24, 2.45) is 17.8 Å². The number of anilines is 1. The Morgan fingerprint density at radius 2 is 1.83 bits per heavy atom. The van der Waals surface area contributed by atoms with Crippen LogP contribution in [0.2, 0.25) is 0 Å². The third kappa shape index (κ3) is 4.11. The van der Waals surface area contributed by atoms with E-state index in [-0.39, 0.29) is 62.9 Å². The maximum atomic E-state index is 14.0. The molecule has 1 aliphatic heterocycles. The Balaban J connectivity index is 1.49. The number of ether oxygens (including phenoxy) is 1. The Hall–Kier alpha value is -3.90. The number of carbonyl (C=O) groups is 4. The normalized spacial score (nSPS) is 25.4. The van der Waals surface area contributed by atoms with Gasteiger partial charge in [0.25, 0.3) is 5.69 Å². The molecular formula is C29H20Br2N2O8. The van der Waals surface area contributed by atoms with Gasteiger partial charge in [0.05, 0.1) is 38.5 Å². The summed E-state index contributed by atoms with van der Waals surface area (Å²) in [6, 6.07) is 8.60. The minimum absolute atomic E-state index is 0.0739. The van der Waals surface area contributed by atoms with E-state index in [1.54, 1.807) is 12.1 Å². The molecule has 0 bridgehead atoms. The third-order valence-corrected chi connectivity index (χ3v) is 9.43. The van der Waals surface area contributed by atoms with E-state index in [0.717, 1.165) is 10.5 Å².